The molecule has 1 heteroatoms. The molecule has 0 spiro atoms. The van der Waals surface area contributed by atoms with Crippen molar-refractivity contribution in [3.63, 3.8) is 0 Å². The highest BCUT2D eigenvalue weighted by atomic mass is 14.8. The standard InChI is InChI=1S/C18H23N/c1-5-19-12-16-6-7-18(15(4)11-16)17-9-13(2)8-14(3)10-17/h6-11,19H,5,12H2,1-4H3. The number of aryl methyl sites for hydroxylation is 3. The monoisotopic (exact) mass is 253 g/mol. The second kappa shape index (κ2) is 6.03. The third-order valence-electron chi connectivity index (χ3n) is 3.40. The van der Waals surface area contributed by atoms with Gasteiger partial charge in [0.1, 0.15) is 0 Å². The van der Waals surface area contributed by atoms with Crippen LogP contribution in [-0.2, 0) is 6.54 Å². The minimum atomic E-state index is 0.949. The fourth-order valence-corrected chi connectivity index (χ4v) is 2.56. The van der Waals surface area contributed by atoms with Gasteiger partial charge in [-0.3, -0.25) is 0 Å². The number of benzene rings is 2. The summed E-state index contributed by atoms with van der Waals surface area (Å²) in [7, 11) is 0. The van der Waals surface area contributed by atoms with Crippen LogP contribution in [0.3, 0.4) is 0 Å². The Hall–Kier alpha value is -1.60. The molecule has 100 valence electrons. The zero-order valence-corrected chi connectivity index (χ0v) is 12.4. The molecule has 0 atom stereocenters. The van der Waals surface area contributed by atoms with Crippen molar-refractivity contribution < 1.29 is 0 Å². The largest absolute Gasteiger partial charge is 0.313 e. The van der Waals surface area contributed by atoms with Crippen LogP contribution in [0.5, 0.6) is 0 Å². The van der Waals surface area contributed by atoms with E-state index in [0.717, 1.165) is 13.1 Å². The van der Waals surface area contributed by atoms with Gasteiger partial charge in [-0.05, 0) is 49.6 Å². The van der Waals surface area contributed by atoms with Gasteiger partial charge in [0.2, 0.25) is 0 Å². The van der Waals surface area contributed by atoms with Crippen molar-refractivity contribution in [2.75, 3.05) is 6.54 Å². The molecule has 0 aliphatic heterocycles. The van der Waals surface area contributed by atoms with E-state index in [4.69, 9.17) is 0 Å². The Labute approximate surface area is 116 Å². The fraction of sp³-hybridized carbons (Fsp3) is 0.333. The van der Waals surface area contributed by atoms with Crippen molar-refractivity contribution in [2.45, 2.75) is 34.2 Å². The van der Waals surface area contributed by atoms with E-state index < -0.39 is 0 Å². The van der Waals surface area contributed by atoms with Gasteiger partial charge in [0, 0.05) is 6.54 Å². The third kappa shape index (κ3) is 3.45. The van der Waals surface area contributed by atoms with Gasteiger partial charge in [-0.2, -0.15) is 0 Å². The van der Waals surface area contributed by atoms with Crippen LogP contribution in [0.2, 0.25) is 0 Å². The first-order chi connectivity index (χ1) is 9.10. The summed E-state index contributed by atoms with van der Waals surface area (Å²) < 4.78 is 0. The molecule has 0 aliphatic rings. The molecule has 0 aromatic heterocycles. The highest BCUT2D eigenvalue weighted by molar-refractivity contribution is 5.69. The molecule has 19 heavy (non-hydrogen) atoms. The summed E-state index contributed by atoms with van der Waals surface area (Å²) in [6.07, 6.45) is 0. The summed E-state index contributed by atoms with van der Waals surface area (Å²) in [6.45, 7) is 10.6. The van der Waals surface area contributed by atoms with Gasteiger partial charge in [-0.15, -0.1) is 0 Å². The molecule has 1 nitrogen and oxygen atoms in total. The molecule has 0 fully saturated rings. The number of hydrogen-bond donors (Lipinski definition) is 1. The Morgan fingerprint density at radius 1 is 0.895 bits per heavy atom. The predicted octanol–water partition coefficient (Wildman–Crippen LogP) is 4.39. The van der Waals surface area contributed by atoms with Crippen LogP contribution < -0.4 is 5.32 Å². The molecule has 0 amide bonds. The average Bonchev–Trinajstić information content (AvgIpc) is 2.35. The Morgan fingerprint density at radius 3 is 2.16 bits per heavy atom. The minimum Gasteiger partial charge on any atom is -0.313 e. The van der Waals surface area contributed by atoms with Crippen LogP contribution in [-0.4, -0.2) is 6.54 Å². The van der Waals surface area contributed by atoms with E-state index in [1.165, 1.54) is 33.4 Å². The first-order valence-electron chi connectivity index (χ1n) is 6.99. The Bertz CT molecular complexity index is 550. The van der Waals surface area contributed by atoms with Crippen molar-refractivity contribution in [2.24, 2.45) is 0 Å². The molecule has 0 unspecified atom stereocenters. The zero-order valence-electron chi connectivity index (χ0n) is 12.4. The molecule has 1 N–H and O–H groups in total. The quantitative estimate of drug-likeness (QED) is 0.852. The topological polar surface area (TPSA) is 12.0 Å². The molecule has 2 rings (SSSR count). The van der Waals surface area contributed by atoms with Crippen molar-refractivity contribution in [3.8, 4) is 11.1 Å². The van der Waals surface area contributed by atoms with E-state index in [0.29, 0.717) is 0 Å². The van der Waals surface area contributed by atoms with Gasteiger partial charge in [0.15, 0.2) is 0 Å². The summed E-state index contributed by atoms with van der Waals surface area (Å²) in [5, 5.41) is 3.37. The zero-order chi connectivity index (χ0) is 13.8. The van der Waals surface area contributed by atoms with Gasteiger partial charge in [0.25, 0.3) is 0 Å². The van der Waals surface area contributed by atoms with Crippen LogP contribution in [0, 0.1) is 20.8 Å². The summed E-state index contributed by atoms with van der Waals surface area (Å²) in [6, 6.07) is 13.5. The number of rotatable bonds is 4. The summed E-state index contributed by atoms with van der Waals surface area (Å²) in [5.74, 6) is 0. The Balaban J connectivity index is 2.34. The lowest BCUT2D eigenvalue weighted by Crippen LogP contribution is -2.11. The van der Waals surface area contributed by atoms with E-state index in [9.17, 15) is 0 Å². The van der Waals surface area contributed by atoms with Gasteiger partial charge >= 0.3 is 0 Å². The molecule has 0 saturated heterocycles. The summed E-state index contributed by atoms with van der Waals surface area (Å²) >= 11 is 0. The lowest BCUT2D eigenvalue weighted by molar-refractivity contribution is 0.726. The molecular formula is C18H23N. The highest BCUT2D eigenvalue weighted by Gasteiger charge is 2.04. The third-order valence-corrected chi connectivity index (χ3v) is 3.40. The highest BCUT2D eigenvalue weighted by Crippen LogP contribution is 2.26. The maximum Gasteiger partial charge on any atom is 0.0205 e. The molecule has 2 aromatic rings. The van der Waals surface area contributed by atoms with E-state index >= 15 is 0 Å². The first-order valence-corrected chi connectivity index (χ1v) is 6.99. The average molecular weight is 253 g/mol. The second-order valence-electron chi connectivity index (χ2n) is 5.31. The molecule has 2 aromatic carbocycles. The van der Waals surface area contributed by atoms with Crippen molar-refractivity contribution >= 4 is 0 Å². The number of hydrogen-bond acceptors (Lipinski definition) is 1. The van der Waals surface area contributed by atoms with Crippen molar-refractivity contribution in [1.29, 1.82) is 0 Å². The van der Waals surface area contributed by atoms with Crippen LogP contribution in [0.25, 0.3) is 11.1 Å². The lowest BCUT2D eigenvalue weighted by Gasteiger charge is -2.11. The minimum absolute atomic E-state index is 0.949. The first kappa shape index (κ1) is 13.8. The maximum atomic E-state index is 3.37. The van der Waals surface area contributed by atoms with Crippen LogP contribution in [0.4, 0.5) is 0 Å². The molecule has 0 radical (unpaired) electrons. The smallest absolute Gasteiger partial charge is 0.0205 e. The summed E-state index contributed by atoms with van der Waals surface area (Å²) in [4.78, 5) is 0. The Morgan fingerprint density at radius 2 is 1.58 bits per heavy atom. The van der Waals surface area contributed by atoms with E-state index in [1.807, 2.05) is 0 Å². The van der Waals surface area contributed by atoms with Gasteiger partial charge in [-0.25, -0.2) is 0 Å². The maximum absolute atomic E-state index is 3.37. The van der Waals surface area contributed by atoms with Gasteiger partial charge < -0.3 is 5.32 Å². The van der Waals surface area contributed by atoms with Crippen LogP contribution in [0.15, 0.2) is 36.4 Å². The second-order valence-corrected chi connectivity index (χ2v) is 5.31. The molecule has 0 heterocycles. The normalized spacial score (nSPS) is 10.7. The summed E-state index contributed by atoms with van der Waals surface area (Å²) in [5.41, 5.74) is 8.02. The van der Waals surface area contributed by atoms with E-state index in [1.54, 1.807) is 0 Å². The number of nitrogens with one attached hydrogen (secondary N) is 1. The van der Waals surface area contributed by atoms with E-state index in [-0.39, 0.29) is 0 Å². The fourth-order valence-electron chi connectivity index (χ4n) is 2.56. The van der Waals surface area contributed by atoms with Crippen molar-refractivity contribution in [3.05, 3.63) is 58.7 Å². The van der Waals surface area contributed by atoms with Gasteiger partial charge in [-0.1, -0.05) is 54.4 Å². The van der Waals surface area contributed by atoms with E-state index in [2.05, 4.69) is 69.4 Å². The molecule has 0 saturated carbocycles. The van der Waals surface area contributed by atoms with Crippen LogP contribution >= 0.6 is 0 Å². The van der Waals surface area contributed by atoms with Crippen LogP contribution in [0.1, 0.15) is 29.2 Å². The van der Waals surface area contributed by atoms with Crippen molar-refractivity contribution in [1.82, 2.24) is 5.32 Å². The molecule has 0 bridgehead atoms. The SMILES string of the molecule is CCNCc1ccc(-c2cc(C)cc(C)c2)c(C)c1. The molecule has 0 aliphatic carbocycles. The predicted molar refractivity (Wildman–Crippen MR) is 83.5 cm³/mol. The molecular weight excluding hydrogens is 230 g/mol. The Kier molecular flexibility index (Phi) is 4.39. The lowest BCUT2D eigenvalue weighted by atomic mass is 9.96. The van der Waals surface area contributed by atoms with Gasteiger partial charge in [0.05, 0.1) is 0 Å².